The topological polar surface area (TPSA) is 54.9 Å². The molecule has 0 spiro atoms. The number of carbonyl (C=O) groups is 1. The number of benzene rings is 1. The SMILES string of the molecule is C=C(C)CSc1nnc(SCC(=O)Nc2ccc([C@H](C)CC)cc2)s1. The largest absolute Gasteiger partial charge is 0.325 e. The van der Waals surface area contributed by atoms with Crippen molar-refractivity contribution >= 4 is 46.5 Å². The summed E-state index contributed by atoms with van der Waals surface area (Å²) in [6, 6.07) is 8.07. The lowest BCUT2D eigenvalue weighted by Gasteiger charge is -2.10. The molecule has 7 heteroatoms. The summed E-state index contributed by atoms with van der Waals surface area (Å²) in [4.78, 5) is 12.1. The molecule has 25 heavy (non-hydrogen) atoms. The number of nitrogens with one attached hydrogen (secondary N) is 1. The number of hydrogen-bond donors (Lipinski definition) is 1. The van der Waals surface area contributed by atoms with Gasteiger partial charge in [-0.1, -0.05) is 73.0 Å². The van der Waals surface area contributed by atoms with Crippen LogP contribution in [0.15, 0.2) is 45.1 Å². The lowest BCUT2D eigenvalue weighted by molar-refractivity contribution is -0.113. The fourth-order valence-electron chi connectivity index (χ4n) is 1.95. The Kier molecular flexibility index (Phi) is 7.99. The number of nitrogens with zero attached hydrogens (tertiary/aromatic N) is 2. The first-order valence-corrected chi connectivity index (χ1v) is 10.9. The molecular formula is C18H23N3OS3. The summed E-state index contributed by atoms with van der Waals surface area (Å²) >= 11 is 4.55. The molecule has 0 fully saturated rings. The maximum absolute atomic E-state index is 12.1. The molecule has 0 aliphatic rings. The van der Waals surface area contributed by atoms with Crippen LogP contribution in [0.2, 0.25) is 0 Å². The fourth-order valence-corrected chi connectivity index (χ4v) is 4.62. The van der Waals surface area contributed by atoms with Gasteiger partial charge in [-0.2, -0.15) is 0 Å². The van der Waals surface area contributed by atoms with Crippen molar-refractivity contribution in [3.8, 4) is 0 Å². The summed E-state index contributed by atoms with van der Waals surface area (Å²) < 4.78 is 1.72. The minimum Gasteiger partial charge on any atom is -0.325 e. The van der Waals surface area contributed by atoms with Crippen molar-refractivity contribution in [2.24, 2.45) is 0 Å². The van der Waals surface area contributed by atoms with Crippen LogP contribution >= 0.6 is 34.9 Å². The van der Waals surface area contributed by atoms with Crippen molar-refractivity contribution in [2.45, 2.75) is 41.8 Å². The average Bonchev–Trinajstić information content (AvgIpc) is 3.06. The second-order valence-corrected chi connectivity index (χ2v) is 9.27. The molecule has 4 nitrogen and oxygen atoms in total. The Bertz CT molecular complexity index is 713. The third-order valence-electron chi connectivity index (χ3n) is 3.53. The summed E-state index contributed by atoms with van der Waals surface area (Å²) in [5, 5.41) is 11.2. The Hall–Kier alpha value is -1.31. The van der Waals surface area contributed by atoms with Crippen molar-refractivity contribution in [3.63, 3.8) is 0 Å². The molecule has 0 aliphatic carbocycles. The Morgan fingerprint density at radius 3 is 2.36 bits per heavy atom. The summed E-state index contributed by atoms with van der Waals surface area (Å²) in [7, 11) is 0. The Morgan fingerprint density at radius 1 is 1.20 bits per heavy atom. The highest BCUT2D eigenvalue weighted by Crippen LogP contribution is 2.29. The highest BCUT2D eigenvalue weighted by molar-refractivity contribution is 8.03. The van der Waals surface area contributed by atoms with E-state index in [1.165, 1.54) is 28.7 Å². The minimum atomic E-state index is -0.0346. The highest BCUT2D eigenvalue weighted by Gasteiger charge is 2.09. The molecule has 1 aromatic carbocycles. The Morgan fingerprint density at radius 2 is 1.80 bits per heavy atom. The zero-order valence-corrected chi connectivity index (χ0v) is 17.2. The summed E-state index contributed by atoms with van der Waals surface area (Å²) in [6.07, 6.45) is 1.11. The van der Waals surface area contributed by atoms with Crippen LogP contribution in [0.5, 0.6) is 0 Å². The van der Waals surface area contributed by atoms with Crippen molar-refractivity contribution in [1.82, 2.24) is 10.2 Å². The van der Waals surface area contributed by atoms with E-state index in [9.17, 15) is 4.79 Å². The third-order valence-corrected chi connectivity index (χ3v) is 6.95. The van der Waals surface area contributed by atoms with Crippen molar-refractivity contribution in [3.05, 3.63) is 42.0 Å². The van der Waals surface area contributed by atoms with E-state index in [-0.39, 0.29) is 5.91 Å². The van der Waals surface area contributed by atoms with E-state index in [1.54, 1.807) is 11.8 Å². The first kappa shape index (κ1) is 20.0. The minimum absolute atomic E-state index is 0.0346. The predicted molar refractivity (Wildman–Crippen MR) is 110 cm³/mol. The van der Waals surface area contributed by atoms with E-state index in [0.29, 0.717) is 11.7 Å². The number of anilines is 1. The standard InChI is InChI=1S/C18H23N3OS3/c1-5-13(4)14-6-8-15(9-7-14)19-16(22)11-24-18-21-20-17(25-18)23-10-12(2)3/h6-9,13H,2,5,10-11H2,1,3-4H3,(H,19,22)/t13-/m1/s1. The van der Waals surface area contributed by atoms with Gasteiger partial charge in [0.25, 0.3) is 0 Å². The van der Waals surface area contributed by atoms with Gasteiger partial charge in [-0.25, -0.2) is 0 Å². The van der Waals surface area contributed by atoms with Crippen LogP contribution in [0, 0.1) is 0 Å². The molecule has 0 radical (unpaired) electrons. The monoisotopic (exact) mass is 393 g/mol. The third kappa shape index (κ3) is 6.84. The predicted octanol–water partition coefficient (Wildman–Crippen LogP) is 5.45. The van der Waals surface area contributed by atoms with Crippen LogP contribution < -0.4 is 5.32 Å². The normalized spacial score (nSPS) is 12.0. The van der Waals surface area contributed by atoms with E-state index < -0.39 is 0 Å². The first-order chi connectivity index (χ1) is 12.0. The molecule has 0 unspecified atom stereocenters. The van der Waals surface area contributed by atoms with Crippen LogP contribution in [-0.2, 0) is 4.79 Å². The fraction of sp³-hybridized carbons (Fsp3) is 0.389. The molecule has 134 valence electrons. The molecule has 2 aromatic rings. The van der Waals surface area contributed by atoms with Gasteiger partial charge in [0.1, 0.15) is 0 Å². The molecule has 0 aliphatic heterocycles. The zero-order valence-electron chi connectivity index (χ0n) is 14.7. The van der Waals surface area contributed by atoms with Crippen molar-refractivity contribution in [2.75, 3.05) is 16.8 Å². The molecule has 0 saturated heterocycles. The maximum atomic E-state index is 12.1. The zero-order chi connectivity index (χ0) is 18.2. The molecule has 1 heterocycles. The number of hydrogen-bond acceptors (Lipinski definition) is 6. The van der Waals surface area contributed by atoms with Gasteiger partial charge in [0, 0.05) is 11.4 Å². The first-order valence-electron chi connectivity index (χ1n) is 8.11. The molecule has 1 amide bonds. The van der Waals surface area contributed by atoms with Crippen LogP contribution in [-0.4, -0.2) is 27.6 Å². The second kappa shape index (κ2) is 9.99. The Labute approximate surface area is 161 Å². The van der Waals surface area contributed by atoms with Crippen LogP contribution in [0.1, 0.15) is 38.7 Å². The molecule has 2 rings (SSSR count). The van der Waals surface area contributed by atoms with E-state index in [2.05, 4.69) is 48.1 Å². The summed E-state index contributed by atoms with van der Waals surface area (Å²) in [6.45, 7) is 10.2. The van der Waals surface area contributed by atoms with Crippen molar-refractivity contribution < 1.29 is 4.79 Å². The molecule has 1 N–H and O–H groups in total. The van der Waals surface area contributed by atoms with Gasteiger partial charge in [0.2, 0.25) is 5.91 Å². The molecule has 0 bridgehead atoms. The van der Waals surface area contributed by atoms with Gasteiger partial charge in [-0.05, 0) is 37.0 Å². The van der Waals surface area contributed by atoms with Gasteiger partial charge >= 0.3 is 0 Å². The number of thioether (sulfide) groups is 2. The van der Waals surface area contributed by atoms with Crippen LogP contribution in [0.4, 0.5) is 5.69 Å². The quantitative estimate of drug-likeness (QED) is 0.453. The van der Waals surface area contributed by atoms with E-state index in [4.69, 9.17) is 0 Å². The molecule has 1 aromatic heterocycles. The summed E-state index contributed by atoms with van der Waals surface area (Å²) in [5.41, 5.74) is 3.23. The number of carbonyl (C=O) groups excluding carboxylic acids is 1. The van der Waals surface area contributed by atoms with Crippen molar-refractivity contribution in [1.29, 1.82) is 0 Å². The van der Waals surface area contributed by atoms with Gasteiger partial charge in [0.05, 0.1) is 5.75 Å². The second-order valence-electron chi connectivity index (χ2n) is 5.85. The van der Waals surface area contributed by atoms with E-state index in [1.807, 2.05) is 19.1 Å². The van der Waals surface area contributed by atoms with E-state index in [0.717, 1.165) is 32.1 Å². The lowest BCUT2D eigenvalue weighted by Crippen LogP contribution is -2.13. The van der Waals surface area contributed by atoms with Gasteiger partial charge < -0.3 is 5.32 Å². The Balaban J connectivity index is 1.79. The average molecular weight is 394 g/mol. The van der Waals surface area contributed by atoms with Crippen LogP contribution in [0.3, 0.4) is 0 Å². The maximum Gasteiger partial charge on any atom is 0.234 e. The van der Waals surface area contributed by atoms with Crippen LogP contribution in [0.25, 0.3) is 0 Å². The lowest BCUT2D eigenvalue weighted by atomic mass is 9.99. The number of rotatable bonds is 9. The molecular weight excluding hydrogens is 370 g/mol. The van der Waals surface area contributed by atoms with Gasteiger partial charge in [-0.15, -0.1) is 10.2 Å². The molecule has 0 saturated carbocycles. The smallest absolute Gasteiger partial charge is 0.234 e. The van der Waals surface area contributed by atoms with E-state index >= 15 is 0 Å². The van der Waals surface area contributed by atoms with Gasteiger partial charge in [0.15, 0.2) is 8.68 Å². The summed E-state index contributed by atoms with van der Waals surface area (Å²) in [5.74, 6) is 1.67. The molecule has 1 atom stereocenters. The highest BCUT2D eigenvalue weighted by atomic mass is 32.2. The van der Waals surface area contributed by atoms with Gasteiger partial charge in [-0.3, -0.25) is 4.79 Å². The number of aromatic nitrogens is 2. The number of amides is 1.